The molecule has 0 aliphatic carbocycles. The number of rotatable bonds is 10. The van der Waals surface area contributed by atoms with Crippen molar-refractivity contribution < 1.29 is 9.15 Å². The van der Waals surface area contributed by atoms with Crippen molar-refractivity contribution in [3.63, 3.8) is 0 Å². The van der Waals surface area contributed by atoms with Crippen LogP contribution >= 0.6 is 12.4 Å². The van der Waals surface area contributed by atoms with Crippen molar-refractivity contribution in [1.82, 2.24) is 4.90 Å². The van der Waals surface area contributed by atoms with Crippen LogP contribution in [0.3, 0.4) is 0 Å². The Morgan fingerprint density at radius 1 is 0.933 bits per heavy atom. The molecule has 162 valence electrons. The van der Waals surface area contributed by atoms with Crippen molar-refractivity contribution in [3.8, 4) is 5.75 Å². The average molecular weight is 429 g/mol. The van der Waals surface area contributed by atoms with E-state index in [-0.39, 0.29) is 12.4 Å². The minimum atomic E-state index is 0. The Bertz CT molecular complexity index is 928. The Kier molecular flexibility index (Phi) is 9.28. The van der Waals surface area contributed by atoms with Gasteiger partial charge in [-0.15, -0.1) is 12.4 Å². The van der Waals surface area contributed by atoms with Crippen LogP contribution in [0.2, 0.25) is 0 Å². The second-order valence-electron chi connectivity index (χ2n) is 7.40. The van der Waals surface area contributed by atoms with E-state index in [1.807, 2.05) is 32.3 Å². The highest BCUT2D eigenvalue weighted by Gasteiger charge is 2.05. The molecule has 0 amide bonds. The summed E-state index contributed by atoms with van der Waals surface area (Å²) < 4.78 is 11.9. The number of anilines is 1. The molecule has 0 N–H and O–H groups in total. The van der Waals surface area contributed by atoms with E-state index in [0.717, 1.165) is 60.7 Å². The van der Waals surface area contributed by atoms with Gasteiger partial charge in [0.05, 0.1) is 6.61 Å². The number of fused-ring (bicyclic) bond motifs is 1. The van der Waals surface area contributed by atoms with Crippen molar-refractivity contribution in [2.75, 3.05) is 45.2 Å². The van der Waals surface area contributed by atoms with E-state index in [0.29, 0.717) is 0 Å². The lowest BCUT2D eigenvalue weighted by molar-refractivity contribution is 0.249. The predicted molar refractivity (Wildman–Crippen MR) is 131 cm³/mol. The Morgan fingerprint density at radius 2 is 1.67 bits per heavy atom. The highest BCUT2D eigenvalue weighted by atomic mass is 35.5. The summed E-state index contributed by atoms with van der Waals surface area (Å²) in [7, 11) is 4.09. The fourth-order valence-corrected chi connectivity index (χ4v) is 3.28. The molecule has 0 aliphatic heterocycles. The van der Waals surface area contributed by atoms with Crippen LogP contribution in [-0.2, 0) is 0 Å². The molecular formula is C25H33ClN2O2. The molecule has 0 unspecified atom stereocenters. The van der Waals surface area contributed by atoms with Crippen molar-refractivity contribution in [2.45, 2.75) is 20.3 Å². The van der Waals surface area contributed by atoms with Gasteiger partial charge in [0.25, 0.3) is 0 Å². The molecule has 0 radical (unpaired) electrons. The third kappa shape index (κ3) is 6.54. The normalized spacial score (nSPS) is 11.2. The van der Waals surface area contributed by atoms with Crippen molar-refractivity contribution in [3.05, 3.63) is 59.9 Å². The van der Waals surface area contributed by atoms with Gasteiger partial charge in [-0.2, -0.15) is 0 Å². The lowest BCUT2D eigenvalue weighted by Crippen LogP contribution is -2.25. The summed E-state index contributed by atoms with van der Waals surface area (Å²) in [5.74, 6) is 1.71. The zero-order chi connectivity index (χ0) is 20.6. The van der Waals surface area contributed by atoms with Gasteiger partial charge in [0, 0.05) is 37.8 Å². The van der Waals surface area contributed by atoms with E-state index in [2.05, 4.69) is 66.1 Å². The molecule has 0 atom stereocenters. The third-order valence-corrected chi connectivity index (χ3v) is 5.14. The quantitative estimate of drug-likeness (QED) is 0.359. The topological polar surface area (TPSA) is 28.9 Å². The van der Waals surface area contributed by atoms with Gasteiger partial charge in [-0.05, 0) is 61.5 Å². The van der Waals surface area contributed by atoms with Crippen molar-refractivity contribution in [2.24, 2.45) is 0 Å². The minimum Gasteiger partial charge on any atom is -0.493 e. The zero-order valence-corrected chi connectivity index (χ0v) is 19.2. The van der Waals surface area contributed by atoms with Gasteiger partial charge in [0.2, 0.25) is 0 Å². The molecular weight excluding hydrogens is 396 g/mol. The Hall–Kier alpha value is -2.43. The molecule has 5 heteroatoms. The number of hydrogen-bond acceptors (Lipinski definition) is 4. The summed E-state index contributed by atoms with van der Waals surface area (Å²) in [5.41, 5.74) is 3.19. The highest BCUT2D eigenvalue weighted by molar-refractivity contribution is 5.85. The molecule has 3 rings (SSSR count). The van der Waals surface area contributed by atoms with Gasteiger partial charge in [0.1, 0.15) is 17.1 Å². The Balaban J connectivity index is 0.00000320. The summed E-state index contributed by atoms with van der Waals surface area (Å²) >= 11 is 0. The van der Waals surface area contributed by atoms with Crippen LogP contribution in [0.1, 0.15) is 31.6 Å². The molecule has 0 saturated heterocycles. The average Bonchev–Trinajstić information content (AvgIpc) is 3.15. The SMILES string of the molecule is CCN(CC)CCCOc1ccc2cc(C=Cc3ccc(N(C)C)cc3)oc2c1.Cl. The van der Waals surface area contributed by atoms with Gasteiger partial charge in [-0.3, -0.25) is 0 Å². The fourth-order valence-electron chi connectivity index (χ4n) is 3.28. The standard InChI is InChI=1S/C25H32N2O2.ClH/c1-5-27(6-2)16-7-17-28-23-15-11-21-18-24(29-25(21)19-23)14-10-20-8-12-22(13-9-20)26(3)4;/h8-15,18-19H,5-7,16-17H2,1-4H3;1H. The van der Waals surface area contributed by atoms with Crippen LogP contribution in [0, 0.1) is 0 Å². The van der Waals surface area contributed by atoms with Crippen LogP contribution in [-0.4, -0.2) is 45.2 Å². The molecule has 30 heavy (non-hydrogen) atoms. The van der Waals surface area contributed by atoms with Gasteiger partial charge >= 0.3 is 0 Å². The predicted octanol–water partition coefficient (Wildman–Crippen LogP) is 6.20. The molecule has 4 nitrogen and oxygen atoms in total. The largest absolute Gasteiger partial charge is 0.493 e. The van der Waals surface area contributed by atoms with E-state index < -0.39 is 0 Å². The van der Waals surface area contributed by atoms with Gasteiger partial charge in [-0.25, -0.2) is 0 Å². The first-order valence-corrected chi connectivity index (χ1v) is 10.4. The summed E-state index contributed by atoms with van der Waals surface area (Å²) in [5, 5.41) is 1.09. The fraction of sp³-hybridized carbons (Fsp3) is 0.360. The van der Waals surface area contributed by atoms with Crippen LogP contribution in [0.15, 0.2) is 52.9 Å². The second-order valence-corrected chi connectivity index (χ2v) is 7.40. The highest BCUT2D eigenvalue weighted by Crippen LogP contribution is 2.25. The van der Waals surface area contributed by atoms with Crippen LogP contribution in [0.5, 0.6) is 5.75 Å². The maximum absolute atomic E-state index is 5.99. The zero-order valence-electron chi connectivity index (χ0n) is 18.4. The Morgan fingerprint density at radius 3 is 2.33 bits per heavy atom. The maximum Gasteiger partial charge on any atom is 0.138 e. The van der Waals surface area contributed by atoms with E-state index >= 15 is 0 Å². The minimum absolute atomic E-state index is 0. The molecule has 2 aromatic carbocycles. The summed E-state index contributed by atoms with van der Waals surface area (Å²) in [6.07, 6.45) is 5.11. The van der Waals surface area contributed by atoms with Gasteiger partial charge < -0.3 is 19.0 Å². The second kappa shape index (κ2) is 11.7. The van der Waals surface area contributed by atoms with Crippen LogP contribution < -0.4 is 9.64 Å². The molecule has 0 aliphatic rings. The summed E-state index contributed by atoms with van der Waals surface area (Å²) in [6.45, 7) is 8.36. The third-order valence-electron chi connectivity index (χ3n) is 5.14. The van der Waals surface area contributed by atoms with Crippen molar-refractivity contribution in [1.29, 1.82) is 0 Å². The molecule has 0 fully saturated rings. The molecule has 0 bridgehead atoms. The molecule has 0 spiro atoms. The summed E-state index contributed by atoms with van der Waals surface area (Å²) in [6, 6.07) is 16.6. The van der Waals surface area contributed by atoms with E-state index in [4.69, 9.17) is 9.15 Å². The molecule has 0 saturated carbocycles. The van der Waals surface area contributed by atoms with E-state index in [9.17, 15) is 0 Å². The van der Waals surface area contributed by atoms with Gasteiger partial charge in [0.15, 0.2) is 0 Å². The lowest BCUT2D eigenvalue weighted by Gasteiger charge is -2.17. The number of benzene rings is 2. The van der Waals surface area contributed by atoms with Crippen LogP contribution in [0.25, 0.3) is 23.1 Å². The smallest absolute Gasteiger partial charge is 0.138 e. The molecule has 1 aromatic heterocycles. The summed E-state index contributed by atoms with van der Waals surface area (Å²) in [4.78, 5) is 4.50. The first-order chi connectivity index (χ1) is 14.1. The number of nitrogens with zero attached hydrogens (tertiary/aromatic N) is 2. The molecule has 1 heterocycles. The van der Waals surface area contributed by atoms with E-state index in [1.165, 1.54) is 5.69 Å². The van der Waals surface area contributed by atoms with Crippen LogP contribution in [0.4, 0.5) is 5.69 Å². The number of ether oxygens (including phenoxy) is 1. The van der Waals surface area contributed by atoms with E-state index in [1.54, 1.807) is 0 Å². The maximum atomic E-state index is 5.99. The number of hydrogen-bond donors (Lipinski definition) is 0. The number of furan rings is 1. The van der Waals surface area contributed by atoms with Gasteiger partial charge in [-0.1, -0.05) is 32.1 Å². The Labute approximate surface area is 186 Å². The van der Waals surface area contributed by atoms with Crippen molar-refractivity contribution >= 4 is 41.2 Å². The first-order valence-electron chi connectivity index (χ1n) is 10.4. The first kappa shape index (κ1) is 23.8. The monoisotopic (exact) mass is 428 g/mol. The lowest BCUT2D eigenvalue weighted by atomic mass is 10.1. The molecule has 3 aromatic rings. The number of halogens is 1.